The maximum Gasteiger partial charge on any atom is 0.254 e. The van der Waals surface area contributed by atoms with Crippen LogP contribution in [0.15, 0.2) is 24.3 Å². The third-order valence-electron chi connectivity index (χ3n) is 4.10. The number of nitrogens with one attached hydrogen (secondary N) is 1. The summed E-state index contributed by atoms with van der Waals surface area (Å²) in [6.45, 7) is 5.02. The third-order valence-corrected chi connectivity index (χ3v) is 4.10. The Bertz CT molecular complexity index is 496. The molecule has 1 atom stereocenters. The average Bonchev–Trinajstić information content (AvgIpc) is 2.52. The van der Waals surface area contributed by atoms with Gasteiger partial charge in [-0.25, -0.2) is 0 Å². The molecule has 0 aliphatic carbocycles. The summed E-state index contributed by atoms with van der Waals surface area (Å²) in [5, 5.41) is 2.76. The molecule has 1 aromatic rings. The summed E-state index contributed by atoms with van der Waals surface area (Å²) in [4.78, 5) is 25.5. The normalized spacial score (nSPS) is 18.4. The lowest BCUT2D eigenvalue weighted by atomic mass is 9.98. The molecule has 4 heteroatoms. The third kappa shape index (κ3) is 4.06. The molecule has 1 saturated heterocycles. The van der Waals surface area contributed by atoms with E-state index < -0.39 is 0 Å². The molecule has 1 aliphatic rings. The molecule has 0 saturated carbocycles. The molecule has 1 N–H and O–H groups in total. The molecule has 4 nitrogen and oxygen atoms in total. The summed E-state index contributed by atoms with van der Waals surface area (Å²) in [6, 6.07) is 7.93. The molecular formula is C17H24N2O2. The van der Waals surface area contributed by atoms with Gasteiger partial charge in [-0.3, -0.25) is 9.59 Å². The van der Waals surface area contributed by atoms with Crippen molar-refractivity contribution in [2.24, 2.45) is 0 Å². The van der Waals surface area contributed by atoms with E-state index in [1.54, 1.807) is 0 Å². The maximum absolute atomic E-state index is 12.6. The minimum atomic E-state index is -0.0470. The van der Waals surface area contributed by atoms with Crippen LogP contribution in [0.2, 0.25) is 0 Å². The van der Waals surface area contributed by atoms with Crippen LogP contribution in [-0.4, -0.2) is 29.3 Å². The number of likely N-dealkylation sites (tertiary alicyclic amines) is 1. The quantitative estimate of drug-likeness (QED) is 0.926. The van der Waals surface area contributed by atoms with Crippen molar-refractivity contribution in [3.8, 4) is 0 Å². The van der Waals surface area contributed by atoms with Gasteiger partial charge in [-0.2, -0.15) is 0 Å². The Morgan fingerprint density at radius 1 is 1.24 bits per heavy atom. The zero-order chi connectivity index (χ0) is 15.2. The Balaban J connectivity index is 2.03. The number of amides is 2. The van der Waals surface area contributed by atoms with Crippen LogP contribution in [-0.2, 0) is 11.3 Å². The molecule has 0 aromatic heterocycles. The van der Waals surface area contributed by atoms with E-state index in [2.05, 4.69) is 12.2 Å². The second-order valence-corrected chi connectivity index (χ2v) is 5.66. The Morgan fingerprint density at radius 2 is 1.95 bits per heavy atom. The molecule has 1 fully saturated rings. The lowest BCUT2D eigenvalue weighted by Gasteiger charge is -2.35. The molecule has 0 bridgehead atoms. The lowest BCUT2D eigenvalue weighted by molar-refractivity contribution is -0.119. The number of carbonyl (C=O) groups is 2. The second kappa shape index (κ2) is 7.25. The highest BCUT2D eigenvalue weighted by Gasteiger charge is 2.25. The van der Waals surface area contributed by atoms with Crippen LogP contribution in [0.1, 0.15) is 55.5 Å². The first-order valence-corrected chi connectivity index (χ1v) is 7.76. The first-order valence-electron chi connectivity index (χ1n) is 7.76. The zero-order valence-electron chi connectivity index (χ0n) is 12.9. The van der Waals surface area contributed by atoms with E-state index in [1.165, 1.54) is 13.3 Å². The van der Waals surface area contributed by atoms with E-state index in [1.807, 2.05) is 29.2 Å². The number of nitrogens with zero attached hydrogens (tertiary/aromatic N) is 1. The largest absolute Gasteiger partial charge is 0.352 e. The number of piperidine rings is 1. The molecular weight excluding hydrogens is 264 g/mol. The van der Waals surface area contributed by atoms with Gasteiger partial charge in [0.15, 0.2) is 0 Å². The summed E-state index contributed by atoms with van der Waals surface area (Å²) >= 11 is 0. The minimum absolute atomic E-state index is 0.0470. The van der Waals surface area contributed by atoms with E-state index in [0.29, 0.717) is 12.6 Å². The van der Waals surface area contributed by atoms with Crippen molar-refractivity contribution in [2.45, 2.75) is 52.1 Å². The topological polar surface area (TPSA) is 49.4 Å². The van der Waals surface area contributed by atoms with E-state index in [-0.39, 0.29) is 11.8 Å². The minimum Gasteiger partial charge on any atom is -0.352 e. The lowest BCUT2D eigenvalue weighted by Crippen LogP contribution is -2.43. The van der Waals surface area contributed by atoms with Crippen molar-refractivity contribution >= 4 is 11.8 Å². The van der Waals surface area contributed by atoms with E-state index >= 15 is 0 Å². The Morgan fingerprint density at radius 3 is 2.57 bits per heavy atom. The molecule has 1 aliphatic heterocycles. The van der Waals surface area contributed by atoms with Crippen molar-refractivity contribution in [1.82, 2.24) is 10.2 Å². The number of benzene rings is 1. The molecule has 0 radical (unpaired) electrons. The summed E-state index contributed by atoms with van der Waals surface area (Å²) in [7, 11) is 0. The Kier molecular flexibility index (Phi) is 5.37. The molecule has 1 heterocycles. The molecule has 2 rings (SSSR count). The summed E-state index contributed by atoms with van der Waals surface area (Å²) in [5.74, 6) is 0.0851. The number of carbonyl (C=O) groups excluding carboxylic acids is 2. The van der Waals surface area contributed by atoms with Crippen LogP contribution in [0.4, 0.5) is 0 Å². The Labute approximate surface area is 126 Å². The van der Waals surface area contributed by atoms with Crippen molar-refractivity contribution < 1.29 is 9.59 Å². The van der Waals surface area contributed by atoms with E-state index in [9.17, 15) is 9.59 Å². The van der Waals surface area contributed by atoms with Gasteiger partial charge in [0.25, 0.3) is 5.91 Å². The van der Waals surface area contributed by atoms with Crippen LogP contribution in [0.5, 0.6) is 0 Å². The first-order chi connectivity index (χ1) is 10.1. The van der Waals surface area contributed by atoms with Gasteiger partial charge in [-0.05, 0) is 43.4 Å². The van der Waals surface area contributed by atoms with Crippen molar-refractivity contribution in [2.75, 3.05) is 6.54 Å². The van der Waals surface area contributed by atoms with Crippen molar-refractivity contribution in [3.63, 3.8) is 0 Å². The van der Waals surface area contributed by atoms with Crippen LogP contribution >= 0.6 is 0 Å². The summed E-state index contributed by atoms with van der Waals surface area (Å²) in [6.07, 6.45) is 4.45. The smallest absolute Gasteiger partial charge is 0.254 e. The Hall–Kier alpha value is -1.84. The number of hydrogen-bond donors (Lipinski definition) is 1. The molecule has 114 valence electrons. The van der Waals surface area contributed by atoms with Gasteiger partial charge < -0.3 is 10.2 Å². The van der Waals surface area contributed by atoms with E-state index in [4.69, 9.17) is 0 Å². The van der Waals surface area contributed by atoms with Gasteiger partial charge in [0.05, 0.1) is 0 Å². The van der Waals surface area contributed by atoms with Gasteiger partial charge >= 0.3 is 0 Å². The second-order valence-electron chi connectivity index (χ2n) is 5.66. The maximum atomic E-state index is 12.6. The highest BCUT2D eigenvalue weighted by molar-refractivity contribution is 5.94. The van der Waals surface area contributed by atoms with Crippen LogP contribution in [0, 0.1) is 0 Å². The average molecular weight is 288 g/mol. The molecule has 0 spiro atoms. The predicted octanol–water partition coefficient (Wildman–Crippen LogP) is 2.73. The van der Waals surface area contributed by atoms with Gasteiger partial charge in [0, 0.05) is 31.6 Å². The van der Waals surface area contributed by atoms with Crippen LogP contribution in [0.3, 0.4) is 0 Å². The highest BCUT2D eigenvalue weighted by atomic mass is 16.2. The first kappa shape index (κ1) is 15.5. The molecule has 0 unspecified atom stereocenters. The predicted molar refractivity (Wildman–Crippen MR) is 82.9 cm³/mol. The van der Waals surface area contributed by atoms with Gasteiger partial charge in [-0.1, -0.05) is 19.1 Å². The monoisotopic (exact) mass is 288 g/mol. The van der Waals surface area contributed by atoms with Gasteiger partial charge in [0.1, 0.15) is 0 Å². The van der Waals surface area contributed by atoms with Crippen molar-refractivity contribution in [3.05, 3.63) is 35.4 Å². The van der Waals surface area contributed by atoms with Crippen LogP contribution < -0.4 is 5.32 Å². The van der Waals surface area contributed by atoms with Gasteiger partial charge in [-0.15, -0.1) is 0 Å². The fourth-order valence-corrected chi connectivity index (χ4v) is 2.85. The van der Waals surface area contributed by atoms with Crippen molar-refractivity contribution in [1.29, 1.82) is 0 Å². The summed E-state index contributed by atoms with van der Waals surface area (Å²) in [5.41, 5.74) is 1.74. The SMILES string of the molecule is CC[C@@H]1CCCCN1C(=O)c1ccc(CNC(C)=O)cc1. The molecule has 1 aromatic carbocycles. The zero-order valence-corrected chi connectivity index (χ0v) is 12.9. The number of hydrogen-bond acceptors (Lipinski definition) is 2. The number of rotatable bonds is 4. The molecule has 2 amide bonds. The fraction of sp³-hybridized carbons (Fsp3) is 0.529. The summed E-state index contributed by atoms with van der Waals surface area (Å²) < 4.78 is 0. The van der Waals surface area contributed by atoms with E-state index in [0.717, 1.165) is 36.9 Å². The fourth-order valence-electron chi connectivity index (χ4n) is 2.85. The highest BCUT2D eigenvalue weighted by Crippen LogP contribution is 2.21. The van der Waals surface area contributed by atoms with Gasteiger partial charge in [0.2, 0.25) is 5.91 Å². The standard InChI is InChI=1S/C17H24N2O2/c1-3-16-6-4-5-11-19(16)17(21)15-9-7-14(8-10-15)12-18-13(2)20/h7-10,16H,3-6,11-12H2,1-2H3,(H,18,20)/t16-/m1/s1. The van der Waals surface area contributed by atoms with Crippen LogP contribution in [0.25, 0.3) is 0 Å². The molecule has 21 heavy (non-hydrogen) atoms.